The monoisotopic (exact) mass is 389 g/mol. The molecular formula is C22H28FNO4. The summed E-state index contributed by atoms with van der Waals surface area (Å²) in [5, 5.41) is 0. The second-order valence-corrected chi connectivity index (χ2v) is 8.99. The Balaban J connectivity index is 1.31. The van der Waals surface area contributed by atoms with Gasteiger partial charge in [0.25, 0.3) is 5.91 Å². The molecule has 4 saturated carbocycles. The van der Waals surface area contributed by atoms with Crippen LogP contribution in [0.25, 0.3) is 0 Å². The summed E-state index contributed by atoms with van der Waals surface area (Å²) in [6, 6.07) is 4.60. The zero-order chi connectivity index (χ0) is 19.9. The molecule has 0 heterocycles. The van der Waals surface area contributed by atoms with Gasteiger partial charge in [0.05, 0.1) is 12.5 Å². The number of amides is 1. The lowest BCUT2D eigenvalue weighted by atomic mass is 9.49. The summed E-state index contributed by atoms with van der Waals surface area (Å²) in [6.07, 6.45) is 6.54. The van der Waals surface area contributed by atoms with Crippen molar-refractivity contribution in [2.75, 3.05) is 20.8 Å². The van der Waals surface area contributed by atoms with Crippen molar-refractivity contribution in [3.05, 3.63) is 29.6 Å². The van der Waals surface area contributed by atoms with E-state index in [2.05, 4.69) is 0 Å². The quantitative estimate of drug-likeness (QED) is 0.698. The van der Waals surface area contributed by atoms with Crippen LogP contribution in [0.4, 0.5) is 4.39 Å². The number of rotatable bonds is 6. The molecule has 1 aromatic rings. The van der Waals surface area contributed by atoms with E-state index in [9.17, 15) is 14.0 Å². The fraction of sp³-hybridized carbons (Fsp3) is 0.636. The highest BCUT2D eigenvalue weighted by atomic mass is 19.1. The number of esters is 1. The van der Waals surface area contributed by atoms with E-state index in [0.717, 1.165) is 19.3 Å². The highest BCUT2D eigenvalue weighted by molar-refractivity contribution is 5.83. The third kappa shape index (κ3) is 3.61. The van der Waals surface area contributed by atoms with E-state index in [-0.39, 0.29) is 36.2 Å². The number of nitrogens with zero attached hydrogens (tertiary/aromatic N) is 1. The van der Waals surface area contributed by atoms with Gasteiger partial charge in [0.2, 0.25) is 0 Å². The van der Waals surface area contributed by atoms with Crippen molar-refractivity contribution in [3.8, 4) is 5.75 Å². The van der Waals surface area contributed by atoms with Gasteiger partial charge < -0.3 is 14.4 Å². The van der Waals surface area contributed by atoms with E-state index in [0.29, 0.717) is 23.3 Å². The lowest BCUT2D eigenvalue weighted by molar-refractivity contribution is -0.174. The zero-order valence-electron chi connectivity index (χ0n) is 16.6. The van der Waals surface area contributed by atoms with Gasteiger partial charge in [-0.3, -0.25) is 9.59 Å². The molecule has 0 aliphatic heterocycles. The first kappa shape index (κ1) is 19.2. The van der Waals surface area contributed by atoms with Crippen molar-refractivity contribution in [2.45, 2.75) is 45.1 Å². The van der Waals surface area contributed by atoms with Gasteiger partial charge in [0, 0.05) is 13.6 Å². The first-order chi connectivity index (χ1) is 13.4. The average Bonchev–Trinajstić information content (AvgIpc) is 2.64. The third-order valence-electron chi connectivity index (χ3n) is 6.86. The van der Waals surface area contributed by atoms with Gasteiger partial charge in [-0.1, -0.05) is 6.07 Å². The first-order valence-corrected chi connectivity index (χ1v) is 10.1. The Hall–Kier alpha value is -2.11. The molecule has 4 aliphatic carbocycles. The molecule has 1 aromatic carbocycles. The molecule has 0 atom stereocenters. The van der Waals surface area contributed by atoms with Crippen molar-refractivity contribution in [1.29, 1.82) is 0 Å². The minimum atomic E-state index is -0.464. The van der Waals surface area contributed by atoms with Gasteiger partial charge >= 0.3 is 5.97 Å². The molecule has 152 valence electrons. The molecule has 0 spiro atoms. The lowest BCUT2D eigenvalue weighted by Crippen LogP contribution is -2.51. The molecule has 0 saturated heterocycles. The van der Waals surface area contributed by atoms with Crippen molar-refractivity contribution < 1.29 is 23.5 Å². The van der Waals surface area contributed by atoms with Gasteiger partial charge in [0.1, 0.15) is 0 Å². The van der Waals surface area contributed by atoms with E-state index in [1.54, 1.807) is 13.1 Å². The van der Waals surface area contributed by atoms with Crippen molar-refractivity contribution in [1.82, 2.24) is 4.90 Å². The molecule has 4 aliphatic rings. The van der Waals surface area contributed by atoms with Crippen LogP contribution >= 0.6 is 0 Å². The molecule has 4 bridgehead atoms. The van der Waals surface area contributed by atoms with Gasteiger partial charge in [-0.2, -0.15) is 0 Å². The fourth-order valence-electron chi connectivity index (χ4n) is 5.92. The molecular weight excluding hydrogens is 361 g/mol. The standard InChI is InChI=1S/C22H28FNO4/c1-24(12-14-3-4-19(27-2)18(23)8-14)20(25)13-28-21(26)22-9-15-5-16(10-22)7-17(6-15)11-22/h3-4,8,15-17H,5-7,9-13H2,1-2H3. The van der Waals surface area contributed by atoms with Crippen LogP contribution in [0.3, 0.4) is 0 Å². The van der Waals surface area contributed by atoms with Gasteiger partial charge in [-0.25, -0.2) is 4.39 Å². The lowest BCUT2D eigenvalue weighted by Gasteiger charge is -2.55. The molecule has 5 rings (SSSR count). The second kappa shape index (κ2) is 7.37. The SMILES string of the molecule is COc1ccc(CN(C)C(=O)COC(=O)C23CC4CC(CC(C4)C2)C3)cc1F. The first-order valence-electron chi connectivity index (χ1n) is 10.1. The summed E-state index contributed by atoms with van der Waals surface area (Å²) in [6.45, 7) is -0.00954. The zero-order valence-corrected chi connectivity index (χ0v) is 16.6. The number of hydrogen-bond donors (Lipinski definition) is 0. The predicted molar refractivity (Wildman–Crippen MR) is 101 cm³/mol. The topological polar surface area (TPSA) is 55.8 Å². The molecule has 4 fully saturated rings. The molecule has 0 radical (unpaired) electrons. The second-order valence-electron chi connectivity index (χ2n) is 8.99. The van der Waals surface area contributed by atoms with Crippen molar-refractivity contribution in [3.63, 3.8) is 0 Å². The molecule has 0 unspecified atom stereocenters. The van der Waals surface area contributed by atoms with Crippen LogP contribution in [0.5, 0.6) is 5.75 Å². The van der Waals surface area contributed by atoms with E-state index < -0.39 is 5.82 Å². The van der Waals surface area contributed by atoms with Crippen LogP contribution in [0.2, 0.25) is 0 Å². The highest BCUT2D eigenvalue weighted by Gasteiger charge is 2.55. The Labute approximate surface area is 165 Å². The molecule has 0 aromatic heterocycles. The number of carbonyl (C=O) groups excluding carboxylic acids is 2. The minimum absolute atomic E-state index is 0.169. The summed E-state index contributed by atoms with van der Waals surface area (Å²) in [5.74, 6) is 1.20. The summed E-state index contributed by atoms with van der Waals surface area (Å²) in [5.41, 5.74) is 0.300. The Morgan fingerprint density at radius 1 is 1.14 bits per heavy atom. The predicted octanol–water partition coefficient (Wildman–Crippen LogP) is 3.55. The minimum Gasteiger partial charge on any atom is -0.494 e. The molecule has 28 heavy (non-hydrogen) atoms. The summed E-state index contributed by atoms with van der Waals surface area (Å²) in [4.78, 5) is 26.7. The Morgan fingerprint density at radius 2 is 1.75 bits per heavy atom. The Bertz CT molecular complexity index is 743. The maximum Gasteiger partial charge on any atom is 0.312 e. The maximum absolute atomic E-state index is 13.8. The van der Waals surface area contributed by atoms with Gasteiger partial charge in [-0.05, 0) is 74.0 Å². The highest BCUT2D eigenvalue weighted by Crippen LogP contribution is 2.60. The molecule has 1 amide bonds. The number of likely N-dealkylation sites (N-methyl/N-ethyl adjacent to an activating group) is 1. The maximum atomic E-state index is 13.8. The van der Waals surface area contributed by atoms with Gasteiger partial charge in [-0.15, -0.1) is 0 Å². The van der Waals surface area contributed by atoms with E-state index in [4.69, 9.17) is 9.47 Å². The number of halogens is 1. The summed E-state index contributed by atoms with van der Waals surface area (Å²) >= 11 is 0. The van der Waals surface area contributed by atoms with Gasteiger partial charge in [0.15, 0.2) is 18.2 Å². The Kier molecular flexibility index (Phi) is 5.06. The number of ether oxygens (including phenoxy) is 2. The number of hydrogen-bond acceptors (Lipinski definition) is 4. The summed E-state index contributed by atoms with van der Waals surface area (Å²) < 4.78 is 24.2. The number of benzene rings is 1. The van der Waals surface area contributed by atoms with Crippen LogP contribution in [-0.2, 0) is 20.9 Å². The molecule has 5 nitrogen and oxygen atoms in total. The summed E-state index contributed by atoms with van der Waals surface area (Å²) in [7, 11) is 3.04. The van der Waals surface area contributed by atoms with Crippen molar-refractivity contribution in [2.24, 2.45) is 23.2 Å². The molecule has 6 heteroatoms. The van der Waals surface area contributed by atoms with Crippen molar-refractivity contribution >= 4 is 11.9 Å². The van der Waals surface area contributed by atoms with Crippen LogP contribution in [-0.4, -0.2) is 37.5 Å². The van der Waals surface area contributed by atoms with Crippen LogP contribution in [0.1, 0.15) is 44.1 Å². The van der Waals surface area contributed by atoms with Crippen LogP contribution in [0, 0.1) is 29.0 Å². The number of methoxy groups -OCH3 is 1. The fourth-order valence-corrected chi connectivity index (χ4v) is 5.92. The largest absolute Gasteiger partial charge is 0.494 e. The van der Waals surface area contributed by atoms with Crippen LogP contribution in [0.15, 0.2) is 18.2 Å². The third-order valence-corrected chi connectivity index (χ3v) is 6.86. The normalized spacial score (nSPS) is 30.2. The Morgan fingerprint density at radius 3 is 2.29 bits per heavy atom. The molecule has 0 N–H and O–H groups in total. The number of carbonyl (C=O) groups is 2. The van der Waals surface area contributed by atoms with E-state index in [1.165, 1.54) is 43.4 Å². The van der Waals surface area contributed by atoms with Crippen LogP contribution < -0.4 is 4.74 Å². The smallest absolute Gasteiger partial charge is 0.312 e. The van der Waals surface area contributed by atoms with E-state index in [1.807, 2.05) is 0 Å². The van der Waals surface area contributed by atoms with E-state index >= 15 is 0 Å². The average molecular weight is 389 g/mol.